The van der Waals surface area contributed by atoms with E-state index in [1.54, 1.807) is 4.90 Å². The minimum atomic E-state index is -0.778. The van der Waals surface area contributed by atoms with Gasteiger partial charge in [0.15, 0.2) is 0 Å². The molecule has 2 aliphatic rings. The molecule has 4 unspecified atom stereocenters. The number of nitrogens with zero attached hydrogens (tertiary/aromatic N) is 1. The van der Waals surface area contributed by atoms with Gasteiger partial charge in [0.05, 0.1) is 5.41 Å². The Labute approximate surface area is 127 Å². The Bertz CT molecular complexity index is 412. The van der Waals surface area contributed by atoms with Crippen molar-refractivity contribution in [1.82, 2.24) is 10.2 Å². The highest BCUT2D eigenvalue weighted by Gasteiger charge is 2.45. The quantitative estimate of drug-likeness (QED) is 0.841. The van der Waals surface area contributed by atoms with E-state index in [1.165, 1.54) is 6.42 Å². The van der Waals surface area contributed by atoms with Crippen LogP contribution in [0.15, 0.2) is 0 Å². The first-order chi connectivity index (χ1) is 9.89. The summed E-state index contributed by atoms with van der Waals surface area (Å²) in [5.41, 5.74) is -0.747. The molecule has 2 N–H and O–H groups in total. The largest absolute Gasteiger partial charge is 0.481 e. The van der Waals surface area contributed by atoms with E-state index in [0.717, 1.165) is 12.8 Å². The smallest absolute Gasteiger partial charge is 0.317 e. The molecule has 1 saturated carbocycles. The lowest BCUT2D eigenvalue weighted by Crippen LogP contribution is -2.49. The number of urea groups is 1. The Morgan fingerprint density at radius 1 is 1.33 bits per heavy atom. The van der Waals surface area contributed by atoms with Gasteiger partial charge in [0, 0.05) is 19.1 Å². The summed E-state index contributed by atoms with van der Waals surface area (Å²) in [4.78, 5) is 25.5. The molecule has 0 spiro atoms. The van der Waals surface area contributed by atoms with Gasteiger partial charge in [-0.3, -0.25) is 4.79 Å². The molecule has 1 heterocycles. The van der Waals surface area contributed by atoms with Crippen molar-refractivity contribution in [3.05, 3.63) is 0 Å². The number of amides is 2. The number of likely N-dealkylation sites (tertiary alicyclic amines) is 1. The number of aliphatic carboxylic acids is 1. The van der Waals surface area contributed by atoms with E-state index < -0.39 is 11.4 Å². The number of nitrogens with one attached hydrogen (secondary N) is 1. The molecule has 0 bridgehead atoms. The Balaban J connectivity index is 1.94. The third kappa shape index (κ3) is 3.16. The lowest BCUT2D eigenvalue weighted by atomic mass is 9.78. The summed E-state index contributed by atoms with van der Waals surface area (Å²) in [5, 5.41) is 12.5. The van der Waals surface area contributed by atoms with Gasteiger partial charge in [0.25, 0.3) is 0 Å². The molecule has 2 fully saturated rings. The van der Waals surface area contributed by atoms with Crippen molar-refractivity contribution in [3.8, 4) is 0 Å². The van der Waals surface area contributed by atoms with Gasteiger partial charge < -0.3 is 15.3 Å². The fourth-order valence-corrected chi connectivity index (χ4v) is 3.70. The van der Waals surface area contributed by atoms with Crippen LogP contribution in [0.25, 0.3) is 0 Å². The second kappa shape index (κ2) is 6.24. The van der Waals surface area contributed by atoms with Gasteiger partial charge in [0.1, 0.15) is 0 Å². The van der Waals surface area contributed by atoms with Crippen LogP contribution in [-0.4, -0.2) is 41.1 Å². The van der Waals surface area contributed by atoms with Crippen LogP contribution in [0.1, 0.15) is 52.9 Å². The third-order valence-corrected chi connectivity index (χ3v) is 5.79. The maximum Gasteiger partial charge on any atom is 0.317 e. The van der Waals surface area contributed by atoms with Crippen LogP contribution in [0.4, 0.5) is 4.79 Å². The van der Waals surface area contributed by atoms with Crippen molar-refractivity contribution in [1.29, 1.82) is 0 Å². The maximum absolute atomic E-state index is 12.4. The number of hydrogen-bond donors (Lipinski definition) is 2. The zero-order valence-electron chi connectivity index (χ0n) is 13.4. The first kappa shape index (κ1) is 16.1. The zero-order valence-corrected chi connectivity index (χ0v) is 13.4. The molecule has 2 amide bonds. The molecule has 0 radical (unpaired) electrons. The summed E-state index contributed by atoms with van der Waals surface area (Å²) >= 11 is 0. The van der Waals surface area contributed by atoms with Crippen LogP contribution in [0.3, 0.4) is 0 Å². The minimum absolute atomic E-state index is 0.0856. The van der Waals surface area contributed by atoms with E-state index in [2.05, 4.69) is 19.2 Å². The highest BCUT2D eigenvalue weighted by molar-refractivity contribution is 5.79. The van der Waals surface area contributed by atoms with Gasteiger partial charge >= 0.3 is 12.0 Å². The second-order valence-corrected chi connectivity index (χ2v) is 6.93. The van der Waals surface area contributed by atoms with Gasteiger partial charge in [-0.2, -0.15) is 0 Å². The van der Waals surface area contributed by atoms with Crippen molar-refractivity contribution < 1.29 is 14.7 Å². The van der Waals surface area contributed by atoms with Gasteiger partial charge in [-0.1, -0.05) is 33.6 Å². The second-order valence-electron chi connectivity index (χ2n) is 6.93. The molecule has 2 rings (SSSR count). The molecular formula is C16H28N2O3. The predicted octanol–water partition coefficient (Wildman–Crippen LogP) is 2.71. The summed E-state index contributed by atoms with van der Waals surface area (Å²) in [6, 6.07) is 0.139. The maximum atomic E-state index is 12.4. The van der Waals surface area contributed by atoms with Crippen LogP contribution in [0, 0.1) is 17.3 Å². The van der Waals surface area contributed by atoms with Gasteiger partial charge in [-0.15, -0.1) is 0 Å². The van der Waals surface area contributed by atoms with Crippen molar-refractivity contribution in [2.45, 2.75) is 58.9 Å². The van der Waals surface area contributed by atoms with Crippen LogP contribution >= 0.6 is 0 Å². The van der Waals surface area contributed by atoms with E-state index in [4.69, 9.17) is 0 Å². The predicted molar refractivity (Wildman–Crippen MR) is 81.0 cm³/mol. The van der Waals surface area contributed by atoms with Crippen LogP contribution in [0.2, 0.25) is 0 Å². The normalized spacial score (nSPS) is 36.5. The van der Waals surface area contributed by atoms with Crippen LogP contribution in [0.5, 0.6) is 0 Å². The molecule has 0 aromatic carbocycles. The molecule has 0 aromatic heterocycles. The monoisotopic (exact) mass is 296 g/mol. The van der Waals surface area contributed by atoms with Crippen molar-refractivity contribution in [3.63, 3.8) is 0 Å². The van der Waals surface area contributed by atoms with E-state index >= 15 is 0 Å². The number of hydrogen-bond acceptors (Lipinski definition) is 2. The summed E-state index contributed by atoms with van der Waals surface area (Å²) in [5.74, 6) is 0.344. The van der Waals surface area contributed by atoms with E-state index in [9.17, 15) is 14.7 Å². The topological polar surface area (TPSA) is 69.6 Å². The summed E-state index contributed by atoms with van der Waals surface area (Å²) in [6.45, 7) is 7.21. The highest BCUT2D eigenvalue weighted by Crippen LogP contribution is 2.35. The number of carboxylic acids is 1. The minimum Gasteiger partial charge on any atom is -0.481 e. The van der Waals surface area contributed by atoms with E-state index in [1.807, 2.05) is 6.92 Å². The zero-order chi connectivity index (χ0) is 15.6. The molecule has 1 saturated heterocycles. The molecular weight excluding hydrogens is 268 g/mol. The Kier molecular flexibility index (Phi) is 4.79. The summed E-state index contributed by atoms with van der Waals surface area (Å²) in [7, 11) is 0. The van der Waals surface area contributed by atoms with Gasteiger partial charge in [-0.25, -0.2) is 4.79 Å². The third-order valence-electron chi connectivity index (χ3n) is 5.79. The Morgan fingerprint density at radius 3 is 2.62 bits per heavy atom. The average Bonchev–Trinajstić information content (AvgIpc) is 2.90. The summed E-state index contributed by atoms with van der Waals surface area (Å²) < 4.78 is 0. The molecule has 4 atom stereocenters. The number of carboxylic acid groups (broad SMARTS) is 1. The van der Waals surface area contributed by atoms with Crippen molar-refractivity contribution in [2.75, 3.05) is 13.1 Å². The molecule has 5 nitrogen and oxygen atoms in total. The first-order valence-electron chi connectivity index (χ1n) is 8.18. The number of carbonyl (C=O) groups excluding carboxylic acids is 1. The number of carbonyl (C=O) groups is 2. The Hall–Kier alpha value is -1.26. The molecule has 120 valence electrons. The Morgan fingerprint density at radius 2 is 2.05 bits per heavy atom. The van der Waals surface area contributed by atoms with E-state index in [-0.39, 0.29) is 12.1 Å². The lowest BCUT2D eigenvalue weighted by molar-refractivity contribution is -0.148. The number of rotatable bonds is 3. The molecule has 5 heteroatoms. The van der Waals surface area contributed by atoms with Crippen LogP contribution < -0.4 is 5.32 Å². The van der Waals surface area contributed by atoms with Gasteiger partial charge in [-0.05, 0) is 31.1 Å². The fourth-order valence-electron chi connectivity index (χ4n) is 3.70. The lowest BCUT2D eigenvalue weighted by Gasteiger charge is -2.35. The molecule has 21 heavy (non-hydrogen) atoms. The first-order valence-corrected chi connectivity index (χ1v) is 8.18. The van der Waals surface area contributed by atoms with E-state index in [0.29, 0.717) is 37.8 Å². The van der Waals surface area contributed by atoms with Crippen molar-refractivity contribution in [2.24, 2.45) is 17.3 Å². The van der Waals surface area contributed by atoms with Crippen LogP contribution in [-0.2, 0) is 4.79 Å². The fraction of sp³-hybridized carbons (Fsp3) is 0.875. The average molecular weight is 296 g/mol. The SMILES string of the molecule is CCC1(C(=O)O)CCN(C(=O)NC2CCCC(C)C2C)C1. The summed E-state index contributed by atoms with van der Waals surface area (Å²) in [6.07, 6.45) is 4.55. The molecule has 1 aliphatic carbocycles. The van der Waals surface area contributed by atoms with Crippen molar-refractivity contribution >= 4 is 12.0 Å². The standard InChI is InChI=1S/C16H28N2O3/c1-4-16(14(19)20)8-9-18(10-16)15(21)17-13-7-5-6-11(2)12(13)3/h11-13H,4-10H2,1-3H3,(H,17,21)(H,19,20). The molecule has 0 aromatic rings. The molecule has 1 aliphatic heterocycles. The van der Waals surface area contributed by atoms with Gasteiger partial charge in [0.2, 0.25) is 0 Å². The highest BCUT2D eigenvalue weighted by atomic mass is 16.4.